The minimum atomic E-state index is -4.43. The average molecular weight is 203 g/mol. The summed E-state index contributed by atoms with van der Waals surface area (Å²) in [5.74, 6) is 0. The highest BCUT2D eigenvalue weighted by atomic mass is 19.4. The van der Waals surface area contributed by atoms with Crippen LogP contribution in [0.1, 0.15) is 18.1 Å². The molecule has 1 nitrogen and oxygen atoms in total. The molecule has 0 aliphatic heterocycles. The molecule has 0 spiro atoms. The van der Waals surface area contributed by atoms with Crippen molar-refractivity contribution in [2.45, 2.75) is 25.6 Å². The number of nitrogens with two attached hydrogens (primary N) is 1. The maximum Gasteiger partial charge on any atom is 0.410 e. The second kappa shape index (κ2) is 3.28. The summed E-state index contributed by atoms with van der Waals surface area (Å²) in [6.45, 7) is 2.71. The normalized spacial score (nSPS) is 16.4. The zero-order valence-electron chi connectivity index (χ0n) is 8.02. The van der Waals surface area contributed by atoms with Crippen LogP contribution in [0.2, 0.25) is 0 Å². The first-order chi connectivity index (χ1) is 6.25. The molecule has 4 heteroatoms. The molecule has 0 aromatic heterocycles. The summed E-state index contributed by atoms with van der Waals surface area (Å²) in [5, 5.41) is 0. The summed E-state index contributed by atoms with van der Waals surface area (Å²) in [5.41, 5.74) is 3.84. The van der Waals surface area contributed by atoms with E-state index >= 15 is 0 Å². The van der Waals surface area contributed by atoms with E-state index in [0.717, 1.165) is 12.5 Å². The lowest BCUT2D eigenvalue weighted by Gasteiger charge is -2.28. The van der Waals surface area contributed by atoms with Crippen molar-refractivity contribution in [3.63, 3.8) is 0 Å². The van der Waals surface area contributed by atoms with Crippen molar-refractivity contribution in [2.75, 3.05) is 0 Å². The Kier molecular flexibility index (Phi) is 2.58. The first kappa shape index (κ1) is 11.0. The van der Waals surface area contributed by atoms with Crippen molar-refractivity contribution < 1.29 is 13.2 Å². The Hall–Kier alpha value is -1.03. The SMILES string of the molecule is Cc1cccc(C(C)(N)C(F)(F)F)c1. The zero-order valence-corrected chi connectivity index (χ0v) is 8.02. The average Bonchev–Trinajstić information content (AvgIpc) is 2.02. The van der Waals surface area contributed by atoms with Gasteiger partial charge in [0.2, 0.25) is 0 Å². The van der Waals surface area contributed by atoms with Gasteiger partial charge in [0.15, 0.2) is 0 Å². The summed E-state index contributed by atoms with van der Waals surface area (Å²) < 4.78 is 37.6. The minimum absolute atomic E-state index is 0.0880. The van der Waals surface area contributed by atoms with Crippen LogP contribution in [-0.2, 0) is 5.54 Å². The van der Waals surface area contributed by atoms with E-state index in [1.807, 2.05) is 0 Å². The van der Waals surface area contributed by atoms with Crippen LogP contribution in [-0.4, -0.2) is 6.18 Å². The van der Waals surface area contributed by atoms with Crippen LogP contribution in [0.5, 0.6) is 0 Å². The second-order valence-corrected chi connectivity index (χ2v) is 3.57. The van der Waals surface area contributed by atoms with Crippen molar-refractivity contribution in [1.82, 2.24) is 0 Å². The third kappa shape index (κ3) is 1.90. The van der Waals surface area contributed by atoms with E-state index in [1.54, 1.807) is 19.1 Å². The van der Waals surface area contributed by atoms with Gasteiger partial charge in [-0.25, -0.2) is 0 Å². The van der Waals surface area contributed by atoms with Crippen molar-refractivity contribution >= 4 is 0 Å². The van der Waals surface area contributed by atoms with E-state index in [4.69, 9.17) is 5.73 Å². The van der Waals surface area contributed by atoms with Gasteiger partial charge >= 0.3 is 6.18 Å². The molecule has 0 saturated carbocycles. The molecule has 1 rings (SSSR count). The molecule has 0 aliphatic rings. The monoisotopic (exact) mass is 203 g/mol. The first-order valence-electron chi connectivity index (χ1n) is 4.18. The van der Waals surface area contributed by atoms with Gasteiger partial charge in [-0.3, -0.25) is 0 Å². The van der Waals surface area contributed by atoms with E-state index in [2.05, 4.69) is 0 Å². The first-order valence-corrected chi connectivity index (χ1v) is 4.18. The predicted molar refractivity (Wildman–Crippen MR) is 48.8 cm³/mol. The molecule has 0 amide bonds. The Labute approximate surface area is 80.7 Å². The Morgan fingerprint density at radius 1 is 1.21 bits per heavy atom. The summed E-state index contributed by atoms with van der Waals surface area (Å²) in [7, 11) is 0. The topological polar surface area (TPSA) is 26.0 Å². The van der Waals surface area contributed by atoms with Gasteiger partial charge in [0.25, 0.3) is 0 Å². The van der Waals surface area contributed by atoms with Gasteiger partial charge in [-0.1, -0.05) is 29.8 Å². The van der Waals surface area contributed by atoms with Crippen LogP contribution >= 0.6 is 0 Å². The van der Waals surface area contributed by atoms with Gasteiger partial charge in [-0.15, -0.1) is 0 Å². The molecule has 0 heterocycles. The Morgan fingerprint density at radius 3 is 2.21 bits per heavy atom. The molecule has 1 atom stereocenters. The van der Waals surface area contributed by atoms with Crippen molar-refractivity contribution in [1.29, 1.82) is 0 Å². The van der Waals surface area contributed by atoms with Crippen LogP contribution in [0.4, 0.5) is 13.2 Å². The van der Waals surface area contributed by atoms with Crippen molar-refractivity contribution in [2.24, 2.45) is 5.73 Å². The van der Waals surface area contributed by atoms with Crippen molar-refractivity contribution in [3.8, 4) is 0 Å². The molecule has 0 bridgehead atoms. The largest absolute Gasteiger partial charge is 0.410 e. The minimum Gasteiger partial charge on any atom is -0.314 e. The molecule has 2 N–H and O–H groups in total. The van der Waals surface area contributed by atoms with Crippen LogP contribution in [0.15, 0.2) is 24.3 Å². The fraction of sp³-hybridized carbons (Fsp3) is 0.400. The molecule has 0 radical (unpaired) electrons. The lowest BCUT2D eigenvalue weighted by Crippen LogP contribution is -2.47. The summed E-state index contributed by atoms with van der Waals surface area (Å²) >= 11 is 0. The molecule has 1 aromatic carbocycles. The van der Waals surface area contributed by atoms with E-state index in [1.165, 1.54) is 12.1 Å². The lowest BCUT2D eigenvalue weighted by atomic mass is 9.91. The molecular weight excluding hydrogens is 191 g/mol. The molecule has 1 unspecified atom stereocenters. The van der Waals surface area contributed by atoms with Gasteiger partial charge in [0.05, 0.1) is 0 Å². The van der Waals surface area contributed by atoms with E-state index in [-0.39, 0.29) is 5.56 Å². The molecule has 0 aliphatic carbocycles. The lowest BCUT2D eigenvalue weighted by molar-refractivity contribution is -0.184. The van der Waals surface area contributed by atoms with E-state index < -0.39 is 11.7 Å². The van der Waals surface area contributed by atoms with Crippen LogP contribution in [0.25, 0.3) is 0 Å². The van der Waals surface area contributed by atoms with Gasteiger partial charge in [-0.05, 0) is 19.4 Å². The highest BCUT2D eigenvalue weighted by Gasteiger charge is 2.49. The fourth-order valence-corrected chi connectivity index (χ4v) is 1.13. The van der Waals surface area contributed by atoms with Crippen LogP contribution < -0.4 is 5.73 Å². The highest BCUT2D eigenvalue weighted by Crippen LogP contribution is 2.36. The Bertz CT molecular complexity index is 328. The standard InChI is InChI=1S/C10H12F3N/c1-7-4-3-5-8(6-7)9(2,14)10(11,12)13/h3-6H,14H2,1-2H3. The molecule has 1 aromatic rings. The number of benzene rings is 1. The second-order valence-electron chi connectivity index (χ2n) is 3.57. The third-order valence-corrected chi connectivity index (χ3v) is 2.21. The van der Waals surface area contributed by atoms with Crippen molar-refractivity contribution in [3.05, 3.63) is 35.4 Å². The highest BCUT2D eigenvalue weighted by molar-refractivity contribution is 5.29. The fourth-order valence-electron chi connectivity index (χ4n) is 1.13. The van der Waals surface area contributed by atoms with E-state index in [9.17, 15) is 13.2 Å². The summed E-state index contributed by atoms with van der Waals surface area (Å²) in [6.07, 6.45) is -4.43. The third-order valence-electron chi connectivity index (χ3n) is 2.21. The number of alkyl halides is 3. The van der Waals surface area contributed by atoms with Gasteiger partial charge < -0.3 is 5.73 Å². The molecule has 0 saturated heterocycles. The van der Waals surface area contributed by atoms with Gasteiger partial charge in [0, 0.05) is 0 Å². The molecule has 78 valence electrons. The molecule has 14 heavy (non-hydrogen) atoms. The number of halogens is 3. The quantitative estimate of drug-likeness (QED) is 0.746. The maximum atomic E-state index is 12.5. The predicted octanol–water partition coefficient (Wildman–Crippen LogP) is 2.73. The van der Waals surface area contributed by atoms with Crippen LogP contribution in [0, 0.1) is 6.92 Å². The number of aryl methyl sites for hydroxylation is 1. The maximum absolute atomic E-state index is 12.5. The van der Waals surface area contributed by atoms with Gasteiger partial charge in [0.1, 0.15) is 5.54 Å². The smallest absolute Gasteiger partial charge is 0.314 e. The summed E-state index contributed by atoms with van der Waals surface area (Å²) in [6, 6.07) is 6.14. The van der Waals surface area contributed by atoms with Gasteiger partial charge in [-0.2, -0.15) is 13.2 Å². The van der Waals surface area contributed by atoms with E-state index in [0.29, 0.717) is 0 Å². The molecular formula is C10H12F3N. The van der Waals surface area contributed by atoms with Crippen LogP contribution in [0.3, 0.4) is 0 Å². The molecule has 0 fully saturated rings. The summed E-state index contributed by atoms with van der Waals surface area (Å²) in [4.78, 5) is 0. The number of rotatable bonds is 1. The zero-order chi connectivity index (χ0) is 11.0. The Balaban J connectivity index is 3.16. The number of hydrogen-bond donors (Lipinski definition) is 1. The Morgan fingerprint density at radius 2 is 1.79 bits per heavy atom. The number of hydrogen-bond acceptors (Lipinski definition) is 1.